The van der Waals surface area contributed by atoms with Crippen molar-refractivity contribution in [3.8, 4) is 6.07 Å². The third kappa shape index (κ3) is 3.96. The fourth-order valence-corrected chi connectivity index (χ4v) is 3.38. The van der Waals surface area contributed by atoms with Crippen LogP contribution in [0.5, 0.6) is 0 Å². The summed E-state index contributed by atoms with van der Waals surface area (Å²) >= 11 is 0. The van der Waals surface area contributed by atoms with Crippen LogP contribution >= 0.6 is 0 Å². The lowest BCUT2D eigenvalue weighted by Crippen LogP contribution is -2.23. The number of hydrogen-bond acceptors (Lipinski definition) is 7. The number of likely N-dealkylation sites (tertiary alicyclic amines) is 1. The number of anilines is 2. The number of hydrogen-bond donors (Lipinski definition) is 1. The molecular weight excluding hydrogens is 340 g/mol. The Bertz CT molecular complexity index is 942. The Morgan fingerprint density at radius 3 is 2.78 bits per heavy atom. The second kappa shape index (κ2) is 7.56. The molecule has 7 heteroatoms. The molecule has 0 bridgehead atoms. The van der Waals surface area contributed by atoms with E-state index in [4.69, 9.17) is 9.68 Å². The van der Waals surface area contributed by atoms with Crippen molar-refractivity contribution in [1.82, 2.24) is 19.9 Å². The number of nitriles is 1. The Labute approximate surface area is 157 Å². The molecule has 0 spiro atoms. The minimum Gasteiger partial charge on any atom is -0.465 e. The summed E-state index contributed by atoms with van der Waals surface area (Å²) in [6.07, 6.45) is 7.39. The van der Waals surface area contributed by atoms with Crippen LogP contribution in [-0.4, -0.2) is 26.4 Å². The van der Waals surface area contributed by atoms with E-state index in [9.17, 15) is 0 Å². The van der Waals surface area contributed by atoms with Crippen LogP contribution in [0.2, 0.25) is 0 Å². The molecule has 7 nitrogen and oxygen atoms in total. The van der Waals surface area contributed by atoms with Gasteiger partial charge < -0.3 is 9.73 Å². The fraction of sp³-hybridized carbons (Fsp3) is 0.300. The Morgan fingerprint density at radius 2 is 2.11 bits per heavy atom. The van der Waals surface area contributed by atoms with E-state index in [0.717, 1.165) is 48.8 Å². The number of aromatic nitrogens is 3. The monoisotopic (exact) mass is 360 g/mol. The number of furan rings is 1. The topological polar surface area (TPSA) is 90.9 Å². The summed E-state index contributed by atoms with van der Waals surface area (Å²) in [7, 11) is 0. The predicted molar refractivity (Wildman–Crippen MR) is 100 cm³/mol. The lowest BCUT2D eigenvalue weighted by Gasteiger charge is -2.22. The highest BCUT2D eigenvalue weighted by molar-refractivity contribution is 5.54. The molecule has 4 rings (SSSR count). The van der Waals surface area contributed by atoms with Crippen LogP contribution in [0.4, 0.5) is 11.5 Å². The lowest BCUT2D eigenvalue weighted by molar-refractivity contribution is 0.223. The van der Waals surface area contributed by atoms with Crippen LogP contribution in [0.3, 0.4) is 0 Å². The van der Waals surface area contributed by atoms with Crippen LogP contribution in [0, 0.1) is 18.3 Å². The van der Waals surface area contributed by atoms with Crippen LogP contribution in [0.25, 0.3) is 0 Å². The highest BCUT2D eigenvalue weighted by atomic mass is 16.3. The van der Waals surface area contributed by atoms with Gasteiger partial charge in [0.1, 0.15) is 29.1 Å². The molecule has 0 saturated carbocycles. The molecule has 0 aliphatic carbocycles. The molecule has 1 aliphatic heterocycles. The van der Waals surface area contributed by atoms with Gasteiger partial charge in [0.25, 0.3) is 0 Å². The van der Waals surface area contributed by atoms with Crippen molar-refractivity contribution in [2.75, 3.05) is 11.9 Å². The summed E-state index contributed by atoms with van der Waals surface area (Å²) in [5, 5.41) is 12.0. The molecule has 1 fully saturated rings. The van der Waals surface area contributed by atoms with Gasteiger partial charge in [-0.2, -0.15) is 5.26 Å². The first-order valence-corrected chi connectivity index (χ1v) is 8.96. The summed E-state index contributed by atoms with van der Waals surface area (Å²) in [6, 6.07) is 9.76. The molecule has 1 saturated heterocycles. The zero-order chi connectivity index (χ0) is 18.6. The molecule has 3 aromatic rings. The van der Waals surface area contributed by atoms with Crippen molar-refractivity contribution in [1.29, 1.82) is 5.26 Å². The molecule has 1 unspecified atom stereocenters. The summed E-state index contributed by atoms with van der Waals surface area (Å²) in [6.45, 7) is 3.78. The van der Waals surface area contributed by atoms with Crippen molar-refractivity contribution >= 4 is 11.5 Å². The first kappa shape index (κ1) is 17.2. The second-order valence-corrected chi connectivity index (χ2v) is 6.64. The number of pyridine rings is 1. The van der Waals surface area contributed by atoms with Gasteiger partial charge in [-0.1, -0.05) is 0 Å². The molecular formula is C20H20N6O. The Kier molecular flexibility index (Phi) is 4.81. The molecule has 4 heterocycles. The smallest absolute Gasteiger partial charge is 0.148 e. The van der Waals surface area contributed by atoms with Crippen LogP contribution in [0.15, 0.2) is 47.3 Å². The zero-order valence-electron chi connectivity index (χ0n) is 15.1. The minimum atomic E-state index is 0.258. The van der Waals surface area contributed by atoms with Crippen LogP contribution in [-0.2, 0) is 6.54 Å². The van der Waals surface area contributed by atoms with E-state index in [1.165, 1.54) is 0 Å². The van der Waals surface area contributed by atoms with E-state index in [-0.39, 0.29) is 6.04 Å². The third-order valence-corrected chi connectivity index (χ3v) is 4.68. The van der Waals surface area contributed by atoms with Crippen LogP contribution in [0.1, 0.15) is 41.8 Å². The average Bonchev–Trinajstić information content (AvgIpc) is 3.32. The first-order valence-electron chi connectivity index (χ1n) is 8.96. The molecule has 3 aromatic heterocycles. The van der Waals surface area contributed by atoms with Crippen molar-refractivity contribution in [3.05, 3.63) is 65.8 Å². The SMILES string of the molecule is Cc1ccc(CN2CCCC2c2cnc(Nc3ccc(C#N)nc3)cn2)o1. The number of nitrogens with zero attached hydrogens (tertiary/aromatic N) is 5. The van der Waals surface area contributed by atoms with Gasteiger partial charge in [0.15, 0.2) is 0 Å². The number of aryl methyl sites for hydroxylation is 1. The third-order valence-electron chi connectivity index (χ3n) is 4.68. The van der Waals surface area contributed by atoms with Gasteiger partial charge in [-0.05, 0) is 50.6 Å². The Hall–Kier alpha value is -3.24. The molecule has 136 valence electrons. The maximum atomic E-state index is 8.80. The minimum absolute atomic E-state index is 0.258. The summed E-state index contributed by atoms with van der Waals surface area (Å²) < 4.78 is 5.72. The van der Waals surface area contributed by atoms with Crippen molar-refractivity contribution in [3.63, 3.8) is 0 Å². The van der Waals surface area contributed by atoms with Gasteiger partial charge in [0, 0.05) is 0 Å². The average molecular weight is 360 g/mol. The highest BCUT2D eigenvalue weighted by Gasteiger charge is 2.28. The second-order valence-electron chi connectivity index (χ2n) is 6.64. The molecule has 1 aliphatic rings. The van der Waals surface area contributed by atoms with Gasteiger partial charge in [-0.3, -0.25) is 9.88 Å². The highest BCUT2D eigenvalue weighted by Crippen LogP contribution is 2.32. The standard InChI is InChI=1S/C20H20N6O/c1-14-4-7-17(27-14)13-26-8-2-3-19(26)18-11-24-20(12-23-18)25-16-6-5-15(9-21)22-10-16/h4-7,10-12,19H,2-3,8,13H2,1H3,(H,24,25). The fourth-order valence-electron chi connectivity index (χ4n) is 3.38. The number of nitrogens with one attached hydrogen (secondary N) is 1. The van der Waals surface area contributed by atoms with Gasteiger partial charge in [0.05, 0.1) is 42.6 Å². The van der Waals surface area contributed by atoms with Crippen molar-refractivity contribution in [2.45, 2.75) is 32.4 Å². The van der Waals surface area contributed by atoms with E-state index in [1.54, 1.807) is 24.5 Å². The molecule has 27 heavy (non-hydrogen) atoms. The first-order chi connectivity index (χ1) is 13.2. The molecule has 0 radical (unpaired) electrons. The summed E-state index contributed by atoms with van der Waals surface area (Å²) in [5.41, 5.74) is 2.13. The summed E-state index contributed by atoms with van der Waals surface area (Å²) in [5.74, 6) is 2.57. The van der Waals surface area contributed by atoms with Crippen LogP contribution < -0.4 is 5.32 Å². The van der Waals surface area contributed by atoms with E-state index in [2.05, 4.69) is 25.2 Å². The molecule has 1 N–H and O–H groups in total. The largest absolute Gasteiger partial charge is 0.465 e. The molecule has 1 atom stereocenters. The molecule has 0 aromatic carbocycles. The van der Waals surface area contributed by atoms with Gasteiger partial charge in [-0.15, -0.1) is 0 Å². The zero-order valence-corrected chi connectivity index (χ0v) is 15.1. The molecule has 0 amide bonds. The maximum absolute atomic E-state index is 8.80. The van der Waals surface area contributed by atoms with Gasteiger partial charge in [0.2, 0.25) is 0 Å². The van der Waals surface area contributed by atoms with Gasteiger partial charge >= 0.3 is 0 Å². The Morgan fingerprint density at radius 1 is 1.19 bits per heavy atom. The van der Waals surface area contributed by atoms with Crippen molar-refractivity contribution < 1.29 is 4.42 Å². The van der Waals surface area contributed by atoms with E-state index in [0.29, 0.717) is 11.5 Å². The van der Waals surface area contributed by atoms with E-state index in [1.807, 2.05) is 31.3 Å². The maximum Gasteiger partial charge on any atom is 0.148 e. The lowest BCUT2D eigenvalue weighted by atomic mass is 10.1. The van der Waals surface area contributed by atoms with E-state index < -0.39 is 0 Å². The van der Waals surface area contributed by atoms with E-state index >= 15 is 0 Å². The Balaban J connectivity index is 1.43. The van der Waals surface area contributed by atoms with Gasteiger partial charge in [-0.25, -0.2) is 9.97 Å². The number of rotatable bonds is 5. The summed E-state index contributed by atoms with van der Waals surface area (Å²) in [4.78, 5) is 15.5. The van der Waals surface area contributed by atoms with Crippen molar-refractivity contribution in [2.24, 2.45) is 0 Å². The quantitative estimate of drug-likeness (QED) is 0.741. The normalized spacial score (nSPS) is 17.0. The predicted octanol–water partition coefficient (Wildman–Crippen LogP) is 3.73.